The van der Waals surface area contributed by atoms with Crippen LogP contribution < -0.4 is 20.1 Å². The molecule has 0 spiro atoms. The van der Waals surface area contributed by atoms with Gasteiger partial charge in [-0.05, 0) is 39.8 Å². The molecular formula is C19H20N4O4. The summed E-state index contributed by atoms with van der Waals surface area (Å²) in [5.74, 6) is 2.49. The summed E-state index contributed by atoms with van der Waals surface area (Å²) in [6, 6.07) is 5.37. The first-order valence-corrected chi connectivity index (χ1v) is 9.02. The first-order chi connectivity index (χ1) is 13.0. The van der Waals surface area contributed by atoms with Crippen LogP contribution in [0.1, 0.15) is 38.3 Å². The van der Waals surface area contributed by atoms with Gasteiger partial charge in [0.2, 0.25) is 11.6 Å². The minimum absolute atomic E-state index is 0.114. The monoisotopic (exact) mass is 368 g/mol. The second-order valence-electron chi connectivity index (χ2n) is 7.90. The lowest BCUT2D eigenvalue weighted by Crippen LogP contribution is -2.31. The first-order valence-electron chi connectivity index (χ1n) is 9.02. The average molecular weight is 368 g/mol. The van der Waals surface area contributed by atoms with Crippen LogP contribution >= 0.6 is 0 Å². The van der Waals surface area contributed by atoms with Crippen LogP contribution in [0, 0.1) is 5.41 Å². The Balaban J connectivity index is 1.64. The summed E-state index contributed by atoms with van der Waals surface area (Å²) >= 11 is 0. The molecule has 0 unspecified atom stereocenters. The lowest BCUT2D eigenvalue weighted by atomic mass is 9.73. The molecule has 1 atom stereocenters. The van der Waals surface area contributed by atoms with Gasteiger partial charge in [-0.2, -0.15) is 0 Å². The molecule has 5 rings (SSSR count). The topological polar surface area (TPSA) is 98.5 Å². The molecule has 2 aliphatic heterocycles. The van der Waals surface area contributed by atoms with Crippen LogP contribution in [0.25, 0.3) is 0 Å². The number of nitrogens with one attached hydrogen (secondary N) is 2. The van der Waals surface area contributed by atoms with Crippen LogP contribution in [-0.4, -0.2) is 29.3 Å². The zero-order valence-corrected chi connectivity index (χ0v) is 15.2. The molecule has 1 aliphatic carbocycles. The number of benzene rings is 1. The van der Waals surface area contributed by atoms with Crippen molar-refractivity contribution in [2.75, 3.05) is 23.8 Å². The van der Waals surface area contributed by atoms with E-state index in [0.29, 0.717) is 48.3 Å². The van der Waals surface area contributed by atoms with Gasteiger partial charge in [-0.3, -0.25) is 4.79 Å². The number of anilines is 2. The number of allylic oxidation sites excluding steroid dienone is 1. The molecule has 8 heteroatoms. The van der Waals surface area contributed by atoms with E-state index in [1.54, 1.807) is 0 Å². The third-order valence-electron chi connectivity index (χ3n) is 5.15. The second kappa shape index (κ2) is 5.73. The van der Waals surface area contributed by atoms with Crippen LogP contribution in [0.5, 0.6) is 11.5 Å². The molecule has 0 bridgehead atoms. The summed E-state index contributed by atoms with van der Waals surface area (Å²) in [7, 11) is 0. The molecule has 8 nitrogen and oxygen atoms in total. The highest BCUT2D eigenvalue weighted by atomic mass is 16.6. The minimum atomic E-state index is -0.375. The number of aromatic nitrogens is 2. The number of fused-ring (bicyclic) bond motifs is 2. The summed E-state index contributed by atoms with van der Waals surface area (Å²) in [5, 5.41) is 14.5. The van der Waals surface area contributed by atoms with Gasteiger partial charge in [0.25, 0.3) is 0 Å². The van der Waals surface area contributed by atoms with Crippen molar-refractivity contribution >= 4 is 17.4 Å². The Morgan fingerprint density at radius 2 is 1.85 bits per heavy atom. The SMILES string of the molecule is CC1(C)CC(=O)C2=C(C1)Nc1nonc1N[C@H]2c1ccc2c(c1)OCCO2. The highest BCUT2D eigenvalue weighted by Gasteiger charge is 2.40. The largest absolute Gasteiger partial charge is 0.486 e. The van der Waals surface area contributed by atoms with Crippen LogP contribution in [0.3, 0.4) is 0 Å². The van der Waals surface area contributed by atoms with Crippen molar-refractivity contribution in [2.24, 2.45) is 5.41 Å². The Labute approximate surface area is 155 Å². The number of ether oxygens (including phenoxy) is 2. The van der Waals surface area contributed by atoms with Gasteiger partial charge in [-0.1, -0.05) is 19.9 Å². The second-order valence-corrected chi connectivity index (χ2v) is 7.90. The van der Waals surface area contributed by atoms with Gasteiger partial charge in [-0.25, -0.2) is 4.63 Å². The van der Waals surface area contributed by atoms with E-state index in [2.05, 4.69) is 34.8 Å². The number of Topliss-reactive ketones (excluding diaryl/α,β-unsaturated/α-hetero) is 1. The van der Waals surface area contributed by atoms with Crippen molar-refractivity contribution in [1.82, 2.24) is 10.3 Å². The van der Waals surface area contributed by atoms with E-state index >= 15 is 0 Å². The van der Waals surface area contributed by atoms with Crippen molar-refractivity contribution < 1.29 is 18.9 Å². The van der Waals surface area contributed by atoms with E-state index in [4.69, 9.17) is 14.1 Å². The predicted octanol–water partition coefficient (Wildman–Crippen LogP) is 3.06. The number of nitrogens with zero attached hydrogens (tertiary/aromatic N) is 2. The Kier molecular flexibility index (Phi) is 3.43. The molecule has 2 aromatic rings. The molecule has 0 saturated heterocycles. The van der Waals surface area contributed by atoms with Crippen LogP contribution in [0.4, 0.5) is 11.6 Å². The van der Waals surface area contributed by atoms with Gasteiger partial charge >= 0.3 is 0 Å². The highest BCUT2D eigenvalue weighted by molar-refractivity contribution is 6.00. The van der Waals surface area contributed by atoms with Crippen molar-refractivity contribution in [2.45, 2.75) is 32.7 Å². The Hall–Kier alpha value is -3.03. The van der Waals surface area contributed by atoms with Crippen molar-refractivity contribution in [3.63, 3.8) is 0 Å². The van der Waals surface area contributed by atoms with Crippen LogP contribution in [0.2, 0.25) is 0 Å². The van der Waals surface area contributed by atoms with Gasteiger partial charge in [0.15, 0.2) is 17.3 Å². The fraction of sp³-hybridized carbons (Fsp3) is 0.421. The third kappa shape index (κ3) is 2.72. The summed E-state index contributed by atoms with van der Waals surface area (Å²) in [5.41, 5.74) is 2.35. The lowest BCUT2D eigenvalue weighted by molar-refractivity contribution is -0.118. The van der Waals surface area contributed by atoms with Gasteiger partial charge in [0.05, 0.1) is 6.04 Å². The number of hydrogen-bond donors (Lipinski definition) is 2. The molecule has 140 valence electrons. The number of hydrogen-bond acceptors (Lipinski definition) is 8. The Bertz CT molecular complexity index is 962. The quantitative estimate of drug-likeness (QED) is 0.792. The van der Waals surface area contributed by atoms with Crippen molar-refractivity contribution in [1.29, 1.82) is 0 Å². The van der Waals surface area contributed by atoms with E-state index in [1.807, 2.05) is 18.2 Å². The fourth-order valence-corrected chi connectivity index (χ4v) is 3.99. The number of carbonyl (C=O) groups excluding carboxylic acids is 1. The maximum Gasteiger partial charge on any atom is 0.219 e. The molecule has 2 N–H and O–H groups in total. The molecule has 1 aromatic carbocycles. The van der Waals surface area contributed by atoms with E-state index in [0.717, 1.165) is 17.7 Å². The Morgan fingerprint density at radius 1 is 1.07 bits per heavy atom. The number of rotatable bonds is 1. The Morgan fingerprint density at radius 3 is 2.70 bits per heavy atom. The zero-order chi connectivity index (χ0) is 18.6. The maximum absolute atomic E-state index is 13.1. The molecule has 0 fully saturated rings. The highest BCUT2D eigenvalue weighted by Crippen LogP contribution is 2.45. The molecule has 1 aromatic heterocycles. The van der Waals surface area contributed by atoms with Crippen molar-refractivity contribution in [3.05, 3.63) is 35.0 Å². The third-order valence-corrected chi connectivity index (χ3v) is 5.15. The normalized spacial score (nSPS) is 22.9. The van der Waals surface area contributed by atoms with Gasteiger partial charge in [0, 0.05) is 17.7 Å². The maximum atomic E-state index is 13.1. The van der Waals surface area contributed by atoms with Crippen LogP contribution in [0.15, 0.2) is 34.1 Å². The van der Waals surface area contributed by atoms with Gasteiger partial charge < -0.3 is 20.1 Å². The average Bonchev–Trinajstić information content (AvgIpc) is 2.99. The zero-order valence-electron chi connectivity index (χ0n) is 15.2. The molecule has 27 heavy (non-hydrogen) atoms. The van der Waals surface area contributed by atoms with Crippen molar-refractivity contribution in [3.8, 4) is 11.5 Å². The van der Waals surface area contributed by atoms with E-state index < -0.39 is 0 Å². The van der Waals surface area contributed by atoms with E-state index in [1.165, 1.54) is 0 Å². The first kappa shape index (κ1) is 16.2. The smallest absolute Gasteiger partial charge is 0.219 e. The van der Waals surface area contributed by atoms with Gasteiger partial charge in [-0.15, -0.1) is 0 Å². The summed E-state index contributed by atoms with van der Waals surface area (Å²) in [4.78, 5) is 13.1. The van der Waals surface area contributed by atoms with Crippen LogP contribution in [-0.2, 0) is 4.79 Å². The minimum Gasteiger partial charge on any atom is -0.486 e. The standard InChI is InChI=1S/C19H20N4O4/c1-19(2)8-11-15(12(24)9-19)16(21-18-17(20-11)22-27-23-18)10-3-4-13-14(7-10)26-6-5-25-13/h3-4,7,16H,5-6,8-9H2,1-2H3,(H,20,22)(H,21,23)/t16-/m0/s1. The summed E-state index contributed by atoms with van der Waals surface area (Å²) in [6.45, 7) is 5.23. The molecule has 3 heterocycles. The molecule has 0 radical (unpaired) electrons. The van der Waals surface area contributed by atoms with E-state index in [9.17, 15) is 4.79 Å². The fourth-order valence-electron chi connectivity index (χ4n) is 3.99. The number of ketones is 1. The number of carbonyl (C=O) groups is 1. The molecule has 0 amide bonds. The lowest BCUT2D eigenvalue weighted by Gasteiger charge is -2.34. The predicted molar refractivity (Wildman–Crippen MR) is 96.8 cm³/mol. The molecule has 3 aliphatic rings. The molecule has 0 saturated carbocycles. The molecular weight excluding hydrogens is 348 g/mol. The summed E-state index contributed by atoms with van der Waals surface area (Å²) < 4.78 is 16.2. The summed E-state index contributed by atoms with van der Waals surface area (Å²) in [6.07, 6.45) is 1.23. The van der Waals surface area contributed by atoms with E-state index in [-0.39, 0.29) is 17.2 Å². The van der Waals surface area contributed by atoms with Gasteiger partial charge in [0.1, 0.15) is 13.2 Å².